The molecule has 0 saturated heterocycles. The number of hydrogen-bond acceptors (Lipinski definition) is 5. The zero-order valence-corrected chi connectivity index (χ0v) is 13.0. The van der Waals surface area contributed by atoms with E-state index in [9.17, 15) is 4.79 Å². The number of carbonyl (C=O) groups excluding carboxylic acids is 1. The molecule has 2 aromatic rings. The second-order valence-electron chi connectivity index (χ2n) is 5.46. The quantitative estimate of drug-likeness (QED) is 0.797. The Kier molecular flexibility index (Phi) is 4.98. The Morgan fingerprint density at radius 1 is 1.45 bits per heavy atom. The molecule has 7 heteroatoms. The van der Waals surface area contributed by atoms with Crippen molar-refractivity contribution >= 4 is 17.3 Å². The van der Waals surface area contributed by atoms with Crippen molar-refractivity contribution < 1.29 is 9.53 Å². The maximum atomic E-state index is 12.2. The van der Waals surface area contributed by atoms with Crippen LogP contribution in [-0.4, -0.2) is 28.0 Å². The normalized spacial score (nSPS) is 10.7. The summed E-state index contributed by atoms with van der Waals surface area (Å²) in [5.74, 6) is 0.832. The maximum Gasteiger partial charge on any atom is 0.277 e. The van der Waals surface area contributed by atoms with Gasteiger partial charge in [-0.1, -0.05) is 19.1 Å². The molecule has 0 atom stereocenters. The lowest BCUT2D eigenvalue weighted by molar-refractivity contribution is 0.102. The van der Waals surface area contributed by atoms with Crippen LogP contribution in [-0.2, 0) is 6.54 Å². The number of aryl methyl sites for hydroxylation is 1. The van der Waals surface area contributed by atoms with Gasteiger partial charge in [0.05, 0.1) is 24.7 Å². The second-order valence-corrected chi connectivity index (χ2v) is 5.46. The van der Waals surface area contributed by atoms with Crippen molar-refractivity contribution in [2.24, 2.45) is 5.92 Å². The summed E-state index contributed by atoms with van der Waals surface area (Å²) in [6.45, 7) is 5.01. The molecule has 1 heterocycles. The zero-order valence-electron chi connectivity index (χ0n) is 13.0. The highest BCUT2D eigenvalue weighted by Crippen LogP contribution is 2.24. The van der Waals surface area contributed by atoms with Crippen LogP contribution in [0.1, 0.15) is 30.8 Å². The van der Waals surface area contributed by atoms with Gasteiger partial charge in [0.25, 0.3) is 5.91 Å². The largest absolute Gasteiger partial charge is 0.497 e. The van der Waals surface area contributed by atoms with Crippen LogP contribution in [0.4, 0.5) is 11.4 Å². The number of aromatic nitrogens is 3. The van der Waals surface area contributed by atoms with Crippen LogP contribution in [0.25, 0.3) is 0 Å². The highest BCUT2D eigenvalue weighted by molar-refractivity contribution is 6.04. The van der Waals surface area contributed by atoms with Crippen LogP contribution < -0.4 is 15.8 Å². The van der Waals surface area contributed by atoms with Crippen molar-refractivity contribution in [3.05, 3.63) is 30.1 Å². The number of nitrogens with two attached hydrogens (primary N) is 1. The average Bonchev–Trinajstić information content (AvgIpc) is 2.96. The molecule has 0 aliphatic heterocycles. The maximum absolute atomic E-state index is 12.2. The van der Waals surface area contributed by atoms with E-state index in [1.165, 1.54) is 0 Å². The van der Waals surface area contributed by atoms with Gasteiger partial charge in [-0.15, -0.1) is 5.10 Å². The van der Waals surface area contributed by atoms with Crippen LogP contribution >= 0.6 is 0 Å². The van der Waals surface area contributed by atoms with Gasteiger partial charge < -0.3 is 15.8 Å². The van der Waals surface area contributed by atoms with E-state index in [1.807, 2.05) is 0 Å². The number of benzene rings is 1. The molecule has 0 aliphatic rings. The molecule has 118 valence electrons. The van der Waals surface area contributed by atoms with E-state index in [4.69, 9.17) is 10.5 Å². The molecule has 0 spiro atoms. The third-order valence-corrected chi connectivity index (χ3v) is 3.22. The molecule has 0 radical (unpaired) electrons. The minimum atomic E-state index is -0.351. The third kappa shape index (κ3) is 3.97. The molecular weight excluding hydrogens is 282 g/mol. The smallest absolute Gasteiger partial charge is 0.277 e. The Labute approximate surface area is 129 Å². The molecule has 3 N–H and O–H groups in total. The number of methoxy groups -OCH3 is 1. The second kappa shape index (κ2) is 6.93. The van der Waals surface area contributed by atoms with E-state index in [0.717, 1.165) is 13.0 Å². The van der Waals surface area contributed by atoms with E-state index >= 15 is 0 Å². The minimum absolute atomic E-state index is 0.256. The van der Waals surface area contributed by atoms with Gasteiger partial charge in [0.15, 0.2) is 5.69 Å². The van der Waals surface area contributed by atoms with E-state index in [2.05, 4.69) is 29.5 Å². The van der Waals surface area contributed by atoms with Gasteiger partial charge in [-0.05, 0) is 24.5 Å². The van der Waals surface area contributed by atoms with Crippen molar-refractivity contribution in [1.29, 1.82) is 0 Å². The van der Waals surface area contributed by atoms with Crippen molar-refractivity contribution in [3.8, 4) is 5.75 Å². The third-order valence-electron chi connectivity index (χ3n) is 3.22. The van der Waals surface area contributed by atoms with Crippen molar-refractivity contribution in [2.45, 2.75) is 26.8 Å². The number of carbonyl (C=O) groups is 1. The highest BCUT2D eigenvalue weighted by Gasteiger charge is 2.13. The molecule has 1 aromatic carbocycles. The predicted octanol–water partition coefficient (Wildman–Crippen LogP) is 2.17. The monoisotopic (exact) mass is 303 g/mol. The number of hydrogen-bond donors (Lipinski definition) is 2. The molecule has 2 rings (SSSR count). The number of anilines is 2. The van der Waals surface area contributed by atoms with Crippen LogP contribution in [0, 0.1) is 5.92 Å². The standard InChI is InChI=1S/C15H21N5O2/c1-10(2)6-7-20-9-14(18-19-20)15(21)17-13-8-11(22-3)4-5-12(13)16/h4-5,8-10H,6-7,16H2,1-3H3,(H,17,21). The van der Waals surface area contributed by atoms with E-state index in [1.54, 1.807) is 36.2 Å². The summed E-state index contributed by atoms with van der Waals surface area (Å²) < 4.78 is 6.79. The highest BCUT2D eigenvalue weighted by atomic mass is 16.5. The van der Waals surface area contributed by atoms with Gasteiger partial charge in [-0.2, -0.15) is 0 Å². The number of nitrogens with zero attached hydrogens (tertiary/aromatic N) is 3. The van der Waals surface area contributed by atoms with Crippen LogP contribution in [0.3, 0.4) is 0 Å². The van der Waals surface area contributed by atoms with Gasteiger partial charge in [-0.3, -0.25) is 9.48 Å². The van der Waals surface area contributed by atoms with Crippen LogP contribution in [0.5, 0.6) is 5.75 Å². The van der Waals surface area contributed by atoms with Crippen molar-refractivity contribution in [2.75, 3.05) is 18.2 Å². The van der Waals surface area contributed by atoms with Crippen LogP contribution in [0.2, 0.25) is 0 Å². The van der Waals surface area contributed by atoms with Crippen LogP contribution in [0.15, 0.2) is 24.4 Å². The number of nitrogens with one attached hydrogen (secondary N) is 1. The first-order chi connectivity index (χ1) is 10.5. The fraction of sp³-hybridized carbons (Fsp3) is 0.400. The fourth-order valence-corrected chi connectivity index (χ4v) is 1.86. The first-order valence-corrected chi connectivity index (χ1v) is 7.14. The number of nitrogen functional groups attached to an aromatic ring is 1. The summed E-state index contributed by atoms with van der Waals surface area (Å²) in [5.41, 5.74) is 7.05. The SMILES string of the molecule is COc1ccc(N)c(NC(=O)c2cn(CCC(C)C)nn2)c1. The zero-order chi connectivity index (χ0) is 16.1. The summed E-state index contributed by atoms with van der Waals surface area (Å²) in [6, 6.07) is 5.07. The lowest BCUT2D eigenvalue weighted by Crippen LogP contribution is -2.13. The molecule has 1 amide bonds. The van der Waals surface area contributed by atoms with Gasteiger partial charge in [0.1, 0.15) is 5.75 Å². The molecule has 0 fully saturated rings. The Morgan fingerprint density at radius 2 is 2.23 bits per heavy atom. The Bertz CT molecular complexity index is 651. The lowest BCUT2D eigenvalue weighted by Gasteiger charge is -2.08. The number of ether oxygens (including phenoxy) is 1. The van der Waals surface area contributed by atoms with Crippen molar-refractivity contribution in [3.63, 3.8) is 0 Å². The molecule has 0 saturated carbocycles. The summed E-state index contributed by atoms with van der Waals surface area (Å²) in [7, 11) is 1.55. The first-order valence-electron chi connectivity index (χ1n) is 7.14. The Hall–Kier alpha value is -2.57. The summed E-state index contributed by atoms with van der Waals surface area (Å²) in [5, 5.41) is 10.6. The van der Waals surface area contributed by atoms with Gasteiger partial charge in [0.2, 0.25) is 0 Å². The molecule has 0 bridgehead atoms. The molecule has 22 heavy (non-hydrogen) atoms. The summed E-state index contributed by atoms with van der Waals surface area (Å²) in [6.07, 6.45) is 2.61. The predicted molar refractivity (Wildman–Crippen MR) is 84.8 cm³/mol. The number of amides is 1. The van der Waals surface area contributed by atoms with Crippen molar-refractivity contribution in [1.82, 2.24) is 15.0 Å². The van der Waals surface area contributed by atoms with Gasteiger partial charge >= 0.3 is 0 Å². The van der Waals surface area contributed by atoms with E-state index in [-0.39, 0.29) is 11.6 Å². The van der Waals surface area contributed by atoms with Gasteiger partial charge in [-0.25, -0.2) is 0 Å². The first kappa shape index (κ1) is 15.8. The number of rotatable bonds is 6. The minimum Gasteiger partial charge on any atom is -0.497 e. The fourth-order valence-electron chi connectivity index (χ4n) is 1.86. The summed E-state index contributed by atoms with van der Waals surface area (Å²) >= 11 is 0. The Balaban J connectivity index is 2.06. The topological polar surface area (TPSA) is 95.1 Å². The Morgan fingerprint density at radius 3 is 2.91 bits per heavy atom. The van der Waals surface area contributed by atoms with E-state index in [0.29, 0.717) is 23.0 Å². The molecule has 7 nitrogen and oxygen atoms in total. The molecule has 0 aliphatic carbocycles. The molecular formula is C15H21N5O2. The summed E-state index contributed by atoms with van der Waals surface area (Å²) in [4.78, 5) is 12.2. The molecule has 1 aromatic heterocycles. The lowest BCUT2D eigenvalue weighted by atomic mass is 10.1. The van der Waals surface area contributed by atoms with E-state index < -0.39 is 0 Å². The average molecular weight is 303 g/mol. The van der Waals surface area contributed by atoms with Gasteiger partial charge in [0, 0.05) is 12.6 Å². The molecule has 0 unspecified atom stereocenters.